The molecule has 1 aromatic carbocycles. The first-order valence-corrected chi connectivity index (χ1v) is 8.73. The molecule has 0 saturated carbocycles. The lowest BCUT2D eigenvalue weighted by atomic mass is 10.1. The van der Waals surface area contributed by atoms with E-state index in [-0.39, 0.29) is 5.56 Å². The van der Waals surface area contributed by atoms with Crippen molar-refractivity contribution in [1.82, 2.24) is 5.32 Å². The molecule has 3 N–H and O–H groups in total. The van der Waals surface area contributed by atoms with Crippen molar-refractivity contribution in [3.63, 3.8) is 0 Å². The molecule has 2 atom stereocenters. The molecule has 150 valence electrons. The van der Waals surface area contributed by atoms with E-state index in [0.717, 1.165) is 0 Å². The SMILES string of the molecule is Cc1cc(C(=O)N[C@@H](C[C@H](F)C(=O)OC(C)C)C(=O)OC(C)C)ccc1N. The van der Waals surface area contributed by atoms with Crippen LogP contribution in [0.1, 0.15) is 50.0 Å². The van der Waals surface area contributed by atoms with E-state index in [1.165, 1.54) is 6.07 Å². The third kappa shape index (κ3) is 7.24. The lowest BCUT2D eigenvalue weighted by molar-refractivity contribution is -0.155. The number of nitrogen functional groups attached to an aromatic ring is 1. The summed E-state index contributed by atoms with van der Waals surface area (Å²) in [7, 11) is 0. The fourth-order valence-electron chi connectivity index (χ4n) is 2.20. The molecule has 0 bridgehead atoms. The van der Waals surface area contributed by atoms with E-state index in [2.05, 4.69) is 5.32 Å². The third-order valence-corrected chi connectivity index (χ3v) is 3.52. The van der Waals surface area contributed by atoms with Crippen LogP contribution < -0.4 is 11.1 Å². The number of rotatable bonds is 8. The Labute approximate surface area is 158 Å². The molecule has 7 nitrogen and oxygen atoms in total. The molecule has 8 heteroatoms. The Hall–Kier alpha value is -2.64. The van der Waals surface area contributed by atoms with E-state index in [0.29, 0.717) is 11.3 Å². The second kappa shape index (κ2) is 9.89. The van der Waals surface area contributed by atoms with Gasteiger partial charge in [-0.1, -0.05) is 0 Å². The molecule has 1 aromatic rings. The van der Waals surface area contributed by atoms with Crippen molar-refractivity contribution in [1.29, 1.82) is 0 Å². The number of aryl methyl sites for hydroxylation is 1. The Morgan fingerprint density at radius 1 is 1.07 bits per heavy atom. The molecular formula is C19H27FN2O5. The van der Waals surface area contributed by atoms with E-state index in [1.54, 1.807) is 46.8 Å². The van der Waals surface area contributed by atoms with Crippen molar-refractivity contribution in [2.75, 3.05) is 5.73 Å². The van der Waals surface area contributed by atoms with Gasteiger partial charge in [-0.15, -0.1) is 0 Å². The minimum absolute atomic E-state index is 0.254. The highest BCUT2D eigenvalue weighted by molar-refractivity contribution is 5.97. The van der Waals surface area contributed by atoms with E-state index < -0.39 is 48.7 Å². The number of ether oxygens (including phenoxy) is 2. The number of benzene rings is 1. The van der Waals surface area contributed by atoms with Gasteiger partial charge in [-0.25, -0.2) is 14.0 Å². The molecule has 0 unspecified atom stereocenters. The number of hydrogen-bond acceptors (Lipinski definition) is 6. The first kappa shape index (κ1) is 22.4. The van der Waals surface area contributed by atoms with Crippen LogP contribution in [-0.4, -0.2) is 42.3 Å². The maximum Gasteiger partial charge on any atom is 0.341 e. The number of anilines is 1. The van der Waals surface area contributed by atoms with Crippen LogP contribution in [0.4, 0.5) is 10.1 Å². The van der Waals surface area contributed by atoms with Crippen molar-refractivity contribution in [2.24, 2.45) is 0 Å². The fraction of sp³-hybridized carbons (Fsp3) is 0.526. The summed E-state index contributed by atoms with van der Waals surface area (Å²) in [5, 5.41) is 2.42. The first-order valence-electron chi connectivity index (χ1n) is 8.73. The van der Waals surface area contributed by atoms with Crippen LogP contribution in [0, 0.1) is 6.92 Å². The van der Waals surface area contributed by atoms with E-state index in [4.69, 9.17) is 15.2 Å². The monoisotopic (exact) mass is 382 g/mol. The van der Waals surface area contributed by atoms with Crippen LogP contribution in [0.5, 0.6) is 0 Å². The lowest BCUT2D eigenvalue weighted by Crippen LogP contribution is -2.45. The van der Waals surface area contributed by atoms with Gasteiger partial charge in [0.2, 0.25) is 0 Å². The van der Waals surface area contributed by atoms with Crippen molar-refractivity contribution < 1.29 is 28.2 Å². The van der Waals surface area contributed by atoms with Crippen LogP contribution in [0.3, 0.4) is 0 Å². The standard InChI is InChI=1S/C19H27FN2O5/c1-10(2)26-18(24)14(20)9-16(19(25)27-11(3)4)22-17(23)13-6-7-15(21)12(5)8-13/h6-8,10-11,14,16H,9,21H2,1-5H3,(H,22,23)/t14-,16-/m0/s1. The second-order valence-electron chi connectivity index (χ2n) is 6.77. The van der Waals surface area contributed by atoms with E-state index in [9.17, 15) is 18.8 Å². The number of nitrogens with one attached hydrogen (secondary N) is 1. The topological polar surface area (TPSA) is 108 Å². The van der Waals surface area contributed by atoms with Crippen molar-refractivity contribution in [2.45, 2.75) is 65.5 Å². The zero-order valence-corrected chi connectivity index (χ0v) is 16.2. The van der Waals surface area contributed by atoms with E-state index >= 15 is 0 Å². The van der Waals surface area contributed by atoms with Gasteiger partial charge in [0.1, 0.15) is 6.04 Å². The van der Waals surface area contributed by atoms with Crippen LogP contribution >= 0.6 is 0 Å². The summed E-state index contributed by atoms with van der Waals surface area (Å²) >= 11 is 0. The summed E-state index contributed by atoms with van der Waals surface area (Å²) in [6.45, 7) is 8.15. The maximum atomic E-state index is 14.2. The average molecular weight is 382 g/mol. The van der Waals surface area contributed by atoms with Gasteiger partial charge in [-0.2, -0.15) is 0 Å². The minimum atomic E-state index is -2.08. The molecule has 0 fully saturated rings. The molecule has 1 amide bonds. The first-order chi connectivity index (χ1) is 12.5. The van der Waals surface area contributed by atoms with Crippen molar-refractivity contribution in [3.05, 3.63) is 29.3 Å². The van der Waals surface area contributed by atoms with Gasteiger partial charge in [0, 0.05) is 17.7 Å². The number of alkyl halides is 1. The molecular weight excluding hydrogens is 355 g/mol. The summed E-state index contributed by atoms with van der Waals surface area (Å²) in [6, 6.07) is 3.26. The normalized spacial score (nSPS) is 13.2. The molecule has 0 aliphatic heterocycles. The van der Waals surface area contributed by atoms with Crippen LogP contribution in [0.2, 0.25) is 0 Å². The number of esters is 2. The quantitative estimate of drug-likeness (QED) is 0.528. The molecule has 0 aromatic heterocycles. The number of halogens is 1. The molecule has 27 heavy (non-hydrogen) atoms. The van der Waals surface area contributed by atoms with Crippen LogP contribution in [0.25, 0.3) is 0 Å². The smallest absolute Gasteiger partial charge is 0.341 e. The predicted octanol–water partition coefficient (Wildman–Crippen LogP) is 2.31. The average Bonchev–Trinajstić information content (AvgIpc) is 2.55. The number of hydrogen-bond donors (Lipinski definition) is 2. The Morgan fingerprint density at radius 2 is 1.63 bits per heavy atom. The highest BCUT2D eigenvalue weighted by Crippen LogP contribution is 2.14. The molecule has 0 aliphatic carbocycles. The minimum Gasteiger partial charge on any atom is -0.461 e. The summed E-state index contributed by atoms with van der Waals surface area (Å²) in [5.74, 6) is -2.52. The molecule has 0 spiro atoms. The van der Waals surface area contributed by atoms with Gasteiger partial charge >= 0.3 is 11.9 Å². The Balaban J connectivity index is 2.93. The molecule has 0 heterocycles. The predicted molar refractivity (Wildman–Crippen MR) is 98.8 cm³/mol. The zero-order chi connectivity index (χ0) is 20.7. The number of nitrogens with two attached hydrogens (primary N) is 1. The van der Waals surface area contributed by atoms with Gasteiger partial charge in [-0.05, 0) is 58.4 Å². The van der Waals surface area contributed by atoms with Gasteiger partial charge in [0.05, 0.1) is 12.2 Å². The maximum absolute atomic E-state index is 14.2. The van der Waals surface area contributed by atoms with Crippen LogP contribution in [0.15, 0.2) is 18.2 Å². The number of carbonyl (C=O) groups excluding carboxylic acids is 3. The Morgan fingerprint density at radius 3 is 2.15 bits per heavy atom. The molecule has 0 radical (unpaired) electrons. The Kier molecular flexibility index (Phi) is 8.21. The largest absolute Gasteiger partial charge is 0.461 e. The number of carbonyl (C=O) groups is 3. The number of amides is 1. The molecule has 0 aliphatic rings. The Bertz CT molecular complexity index is 691. The van der Waals surface area contributed by atoms with Gasteiger partial charge < -0.3 is 20.5 Å². The summed E-state index contributed by atoms with van der Waals surface area (Å²) in [5.41, 5.74) is 7.18. The third-order valence-electron chi connectivity index (χ3n) is 3.52. The lowest BCUT2D eigenvalue weighted by Gasteiger charge is -2.21. The molecule has 1 rings (SSSR count). The van der Waals surface area contributed by atoms with E-state index in [1.807, 2.05) is 0 Å². The highest BCUT2D eigenvalue weighted by atomic mass is 19.1. The van der Waals surface area contributed by atoms with Gasteiger partial charge in [-0.3, -0.25) is 4.79 Å². The second-order valence-corrected chi connectivity index (χ2v) is 6.77. The van der Waals surface area contributed by atoms with Crippen molar-refractivity contribution in [3.8, 4) is 0 Å². The van der Waals surface area contributed by atoms with Gasteiger partial charge in [0.25, 0.3) is 5.91 Å². The molecule has 0 saturated heterocycles. The van der Waals surface area contributed by atoms with Crippen molar-refractivity contribution >= 4 is 23.5 Å². The fourth-order valence-corrected chi connectivity index (χ4v) is 2.20. The summed E-state index contributed by atoms with van der Waals surface area (Å²) in [4.78, 5) is 36.4. The summed E-state index contributed by atoms with van der Waals surface area (Å²) < 4.78 is 24.1. The zero-order valence-electron chi connectivity index (χ0n) is 16.2. The van der Waals surface area contributed by atoms with Gasteiger partial charge in [0.15, 0.2) is 6.17 Å². The summed E-state index contributed by atoms with van der Waals surface area (Å²) in [6.07, 6.45) is -3.62. The highest BCUT2D eigenvalue weighted by Gasteiger charge is 2.31. The van der Waals surface area contributed by atoms with Crippen LogP contribution in [-0.2, 0) is 19.1 Å².